The summed E-state index contributed by atoms with van der Waals surface area (Å²) in [5, 5.41) is 0. The molecule has 1 heterocycles. The van der Waals surface area contributed by atoms with Crippen molar-refractivity contribution in [2.45, 2.75) is 23.9 Å². The molecule has 1 aromatic carbocycles. The normalized spacial score (nSPS) is 19.6. The van der Waals surface area contributed by atoms with Gasteiger partial charge in [0.1, 0.15) is 0 Å². The molecular weight excluding hydrogens is 232 g/mol. The van der Waals surface area contributed by atoms with Crippen LogP contribution < -0.4 is 10.6 Å². The predicted molar refractivity (Wildman–Crippen MR) is 73.7 cm³/mol. The summed E-state index contributed by atoms with van der Waals surface area (Å²) >= 11 is 1.76. The lowest BCUT2D eigenvalue weighted by Crippen LogP contribution is -2.32. The lowest BCUT2D eigenvalue weighted by Gasteiger charge is -2.28. The minimum atomic E-state index is 0.484. The molecule has 0 saturated carbocycles. The molecule has 1 aromatic rings. The Kier molecular flexibility index (Phi) is 4.31. The standard InChI is InChI=1S/C13H20N2OS/c1-15(10-6-7-16-9-10)12-4-3-5-13(17-2)11(12)8-14/h3-5,10H,6-9,14H2,1-2H3. The molecule has 3 nitrogen and oxygen atoms in total. The van der Waals surface area contributed by atoms with E-state index in [9.17, 15) is 0 Å². The van der Waals surface area contributed by atoms with Gasteiger partial charge in [-0.25, -0.2) is 0 Å². The van der Waals surface area contributed by atoms with Crippen LogP contribution in [0.25, 0.3) is 0 Å². The molecule has 0 aliphatic carbocycles. The fourth-order valence-corrected chi connectivity index (χ4v) is 2.95. The average molecular weight is 252 g/mol. The van der Waals surface area contributed by atoms with E-state index in [0.717, 1.165) is 19.6 Å². The van der Waals surface area contributed by atoms with Gasteiger partial charge in [0.2, 0.25) is 0 Å². The summed E-state index contributed by atoms with van der Waals surface area (Å²) < 4.78 is 5.45. The number of likely N-dealkylation sites (N-methyl/N-ethyl adjacent to an activating group) is 1. The quantitative estimate of drug-likeness (QED) is 0.833. The van der Waals surface area contributed by atoms with E-state index in [1.54, 1.807) is 11.8 Å². The highest BCUT2D eigenvalue weighted by molar-refractivity contribution is 7.98. The molecule has 1 aliphatic heterocycles. The zero-order valence-electron chi connectivity index (χ0n) is 10.5. The molecule has 0 amide bonds. The second kappa shape index (κ2) is 5.76. The molecule has 1 atom stereocenters. The van der Waals surface area contributed by atoms with Crippen LogP contribution >= 0.6 is 11.8 Å². The predicted octanol–water partition coefficient (Wildman–Crippen LogP) is 2.09. The highest BCUT2D eigenvalue weighted by atomic mass is 32.2. The fraction of sp³-hybridized carbons (Fsp3) is 0.538. The Morgan fingerprint density at radius 2 is 2.35 bits per heavy atom. The Hall–Kier alpha value is -0.710. The zero-order chi connectivity index (χ0) is 12.3. The van der Waals surface area contributed by atoms with Gasteiger partial charge in [0.05, 0.1) is 12.6 Å². The number of hydrogen-bond donors (Lipinski definition) is 1. The van der Waals surface area contributed by atoms with Gasteiger partial charge < -0.3 is 15.4 Å². The second-order valence-corrected chi connectivity index (χ2v) is 5.14. The molecule has 0 bridgehead atoms. The Labute approximate surface area is 107 Å². The molecule has 2 rings (SSSR count). The van der Waals surface area contributed by atoms with Gasteiger partial charge in [-0.2, -0.15) is 0 Å². The van der Waals surface area contributed by atoms with E-state index in [4.69, 9.17) is 10.5 Å². The molecule has 2 N–H and O–H groups in total. The fourth-order valence-electron chi connectivity index (χ4n) is 2.31. The Bertz CT molecular complexity index is 378. The molecular formula is C13H20N2OS. The summed E-state index contributed by atoms with van der Waals surface area (Å²) in [5.74, 6) is 0. The summed E-state index contributed by atoms with van der Waals surface area (Å²) in [6.45, 7) is 2.28. The summed E-state index contributed by atoms with van der Waals surface area (Å²) in [6, 6.07) is 6.87. The maximum Gasteiger partial charge on any atom is 0.0670 e. The van der Waals surface area contributed by atoms with Crippen LogP contribution in [0, 0.1) is 0 Å². The summed E-state index contributed by atoms with van der Waals surface area (Å²) in [7, 11) is 2.14. The molecule has 0 radical (unpaired) electrons. The highest BCUT2D eigenvalue weighted by Crippen LogP contribution is 2.30. The number of benzene rings is 1. The van der Waals surface area contributed by atoms with Crippen LogP contribution in [0.3, 0.4) is 0 Å². The number of nitrogens with two attached hydrogens (primary N) is 1. The second-order valence-electron chi connectivity index (χ2n) is 4.29. The van der Waals surface area contributed by atoms with Gasteiger partial charge >= 0.3 is 0 Å². The first kappa shape index (κ1) is 12.7. The van der Waals surface area contributed by atoms with Crippen LogP contribution in [0.5, 0.6) is 0 Å². The molecule has 0 spiro atoms. The Morgan fingerprint density at radius 3 is 2.94 bits per heavy atom. The first-order valence-corrected chi connectivity index (χ1v) is 7.17. The molecule has 17 heavy (non-hydrogen) atoms. The molecule has 1 saturated heterocycles. The van der Waals surface area contributed by atoms with Gasteiger partial charge in [0, 0.05) is 36.3 Å². The van der Waals surface area contributed by atoms with E-state index in [2.05, 4.69) is 36.4 Å². The third-order valence-corrected chi connectivity index (χ3v) is 4.19. The monoisotopic (exact) mass is 252 g/mol. The lowest BCUT2D eigenvalue weighted by atomic mass is 10.1. The SMILES string of the molecule is CSc1cccc(N(C)C2CCOC2)c1CN. The zero-order valence-corrected chi connectivity index (χ0v) is 11.3. The van der Waals surface area contributed by atoms with Crippen molar-refractivity contribution >= 4 is 17.4 Å². The molecule has 1 unspecified atom stereocenters. The smallest absolute Gasteiger partial charge is 0.0670 e. The molecule has 1 fully saturated rings. The van der Waals surface area contributed by atoms with E-state index in [0.29, 0.717) is 12.6 Å². The van der Waals surface area contributed by atoms with E-state index in [1.165, 1.54) is 16.1 Å². The van der Waals surface area contributed by atoms with Crippen molar-refractivity contribution in [2.24, 2.45) is 5.73 Å². The third-order valence-electron chi connectivity index (χ3n) is 3.37. The van der Waals surface area contributed by atoms with Crippen LogP contribution in [0.1, 0.15) is 12.0 Å². The largest absolute Gasteiger partial charge is 0.379 e. The van der Waals surface area contributed by atoms with Gasteiger partial charge in [-0.3, -0.25) is 0 Å². The molecule has 94 valence electrons. The van der Waals surface area contributed by atoms with Crippen LogP contribution in [0.15, 0.2) is 23.1 Å². The van der Waals surface area contributed by atoms with Crippen molar-refractivity contribution in [1.29, 1.82) is 0 Å². The van der Waals surface area contributed by atoms with Gasteiger partial charge in [0.15, 0.2) is 0 Å². The number of thioether (sulfide) groups is 1. The third kappa shape index (κ3) is 2.59. The van der Waals surface area contributed by atoms with Crippen LogP contribution in [-0.2, 0) is 11.3 Å². The maximum atomic E-state index is 5.89. The van der Waals surface area contributed by atoms with Gasteiger partial charge in [0.25, 0.3) is 0 Å². The number of ether oxygens (including phenoxy) is 1. The summed E-state index contributed by atoms with van der Waals surface area (Å²) in [4.78, 5) is 3.59. The van der Waals surface area contributed by atoms with Gasteiger partial charge in [-0.05, 0) is 24.8 Å². The topological polar surface area (TPSA) is 38.5 Å². The average Bonchev–Trinajstić information content (AvgIpc) is 2.90. The van der Waals surface area contributed by atoms with Crippen molar-refractivity contribution in [3.8, 4) is 0 Å². The van der Waals surface area contributed by atoms with Gasteiger partial charge in [-0.15, -0.1) is 11.8 Å². The van der Waals surface area contributed by atoms with Gasteiger partial charge in [-0.1, -0.05) is 6.07 Å². The minimum Gasteiger partial charge on any atom is -0.379 e. The van der Waals surface area contributed by atoms with E-state index >= 15 is 0 Å². The van der Waals surface area contributed by atoms with Crippen molar-refractivity contribution in [3.05, 3.63) is 23.8 Å². The van der Waals surface area contributed by atoms with Crippen molar-refractivity contribution in [2.75, 3.05) is 31.4 Å². The number of hydrogen-bond acceptors (Lipinski definition) is 4. The van der Waals surface area contributed by atoms with Crippen LogP contribution in [0.2, 0.25) is 0 Å². The molecule has 4 heteroatoms. The maximum absolute atomic E-state index is 5.89. The summed E-state index contributed by atoms with van der Waals surface area (Å²) in [6.07, 6.45) is 3.20. The minimum absolute atomic E-state index is 0.484. The van der Waals surface area contributed by atoms with Crippen molar-refractivity contribution in [3.63, 3.8) is 0 Å². The first-order valence-electron chi connectivity index (χ1n) is 5.94. The van der Waals surface area contributed by atoms with E-state index < -0.39 is 0 Å². The molecule has 1 aliphatic rings. The van der Waals surface area contributed by atoms with E-state index in [1.807, 2.05) is 0 Å². The van der Waals surface area contributed by atoms with Crippen LogP contribution in [-0.4, -0.2) is 32.6 Å². The number of nitrogens with zero attached hydrogens (tertiary/aromatic N) is 1. The van der Waals surface area contributed by atoms with E-state index in [-0.39, 0.29) is 0 Å². The highest BCUT2D eigenvalue weighted by Gasteiger charge is 2.22. The van der Waals surface area contributed by atoms with Crippen molar-refractivity contribution in [1.82, 2.24) is 0 Å². The van der Waals surface area contributed by atoms with Crippen LogP contribution in [0.4, 0.5) is 5.69 Å². The lowest BCUT2D eigenvalue weighted by molar-refractivity contribution is 0.193. The number of rotatable bonds is 4. The molecule has 0 aromatic heterocycles. The Balaban J connectivity index is 2.29. The number of anilines is 1. The summed E-state index contributed by atoms with van der Waals surface area (Å²) in [5.41, 5.74) is 8.38. The Morgan fingerprint density at radius 1 is 1.53 bits per heavy atom. The first-order chi connectivity index (χ1) is 8.27. The van der Waals surface area contributed by atoms with Crippen molar-refractivity contribution < 1.29 is 4.74 Å².